The molecule has 31 heavy (non-hydrogen) atoms. The van der Waals surface area contributed by atoms with E-state index in [1.165, 1.54) is 30.6 Å². The minimum absolute atomic E-state index is 0. The molecule has 0 spiro atoms. The average molecular weight is 542 g/mol. The van der Waals surface area contributed by atoms with E-state index in [2.05, 4.69) is 29.0 Å². The van der Waals surface area contributed by atoms with E-state index in [-0.39, 0.29) is 77.9 Å². The van der Waals surface area contributed by atoms with Gasteiger partial charge in [0.25, 0.3) is 0 Å². The van der Waals surface area contributed by atoms with Crippen molar-refractivity contribution >= 4 is 12.2 Å². The van der Waals surface area contributed by atoms with Gasteiger partial charge in [-0.2, -0.15) is 4.99 Å². The fourth-order valence-electron chi connectivity index (χ4n) is 2.13. The van der Waals surface area contributed by atoms with Crippen LogP contribution in [0.5, 0.6) is 0 Å². The summed E-state index contributed by atoms with van der Waals surface area (Å²) in [6, 6.07) is 19.0. The molecule has 0 saturated carbocycles. The van der Waals surface area contributed by atoms with Crippen molar-refractivity contribution in [3.05, 3.63) is 71.8 Å². The molecule has 0 aromatic heterocycles. The van der Waals surface area contributed by atoms with Gasteiger partial charge in [-0.05, 0) is 25.3 Å². The van der Waals surface area contributed by atoms with Crippen LogP contribution in [0.1, 0.15) is 30.0 Å². The van der Waals surface area contributed by atoms with Crippen molar-refractivity contribution in [3.8, 4) is 0 Å². The maximum Gasteiger partial charge on any atom is 4.00 e. The van der Waals surface area contributed by atoms with Crippen LogP contribution in [-0.4, -0.2) is 31.9 Å². The van der Waals surface area contributed by atoms with Crippen molar-refractivity contribution in [1.82, 2.24) is 0 Å². The molecule has 1 saturated heterocycles. The Morgan fingerprint density at radius 1 is 0.839 bits per heavy atom. The monoisotopic (exact) mass is 540 g/mol. The SMILES string of the molecule is C1CCOC1.Cc1ccccc1.O=C=NCC(N=C=O)c1ccccc1.[Cl-].[Cl-].[Cl-].[Cl-].[Ti+4]. The van der Waals surface area contributed by atoms with Crippen LogP contribution in [0.15, 0.2) is 70.6 Å². The smallest absolute Gasteiger partial charge is 1.00 e. The second-order valence-electron chi connectivity index (χ2n) is 5.55. The molecule has 1 heterocycles. The third-order valence-corrected chi connectivity index (χ3v) is 3.49. The van der Waals surface area contributed by atoms with Gasteiger partial charge in [-0.1, -0.05) is 66.2 Å². The largest absolute Gasteiger partial charge is 4.00 e. The number of halogens is 4. The first-order chi connectivity index (χ1) is 12.8. The zero-order chi connectivity index (χ0) is 18.9. The van der Waals surface area contributed by atoms with E-state index >= 15 is 0 Å². The zero-order valence-electron chi connectivity index (χ0n) is 17.0. The molecular weight excluding hydrogens is 518 g/mol. The van der Waals surface area contributed by atoms with E-state index in [0.29, 0.717) is 0 Å². The van der Waals surface area contributed by atoms with Crippen molar-refractivity contribution in [1.29, 1.82) is 0 Å². The number of aliphatic imine (C=N–C) groups is 2. The zero-order valence-corrected chi connectivity index (χ0v) is 21.6. The van der Waals surface area contributed by atoms with Crippen LogP contribution in [-0.2, 0) is 36.0 Å². The number of carbonyl (C=O) groups excluding carboxylic acids is 2. The van der Waals surface area contributed by atoms with Gasteiger partial charge in [0.05, 0.1) is 6.54 Å². The molecular formula is C21H24Cl4N2O3Ti. The number of hydrogen-bond donors (Lipinski definition) is 0. The summed E-state index contributed by atoms with van der Waals surface area (Å²) in [6.45, 7) is 4.21. The van der Waals surface area contributed by atoms with Crippen molar-refractivity contribution in [2.75, 3.05) is 19.8 Å². The summed E-state index contributed by atoms with van der Waals surface area (Å²) in [5.41, 5.74) is 2.15. The van der Waals surface area contributed by atoms with E-state index in [1.807, 2.05) is 48.5 Å². The Kier molecular flexibility index (Phi) is 37.8. The standard InChI is InChI=1S/C10H8N2O2.C7H8.C4H8O.4ClH.Ti/c13-7-11-6-10(12-8-14)9-4-2-1-3-5-9;1-7-5-3-2-4-6-7;1-2-4-5-3-1;;;;;/h1-5,10H,6H2;2-6H,1H3;1-4H2;4*1H;/q;;;;;;;+4/p-4. The summed E-state index contributed by atoms with van der Waals surface area (Å²) >= 11 is 0. The Hall–Kier alpha value is -0.966. The topological polar surface area (TPSA) is 68.1 Å². The molecule has 2 aromatic rings. The first-order valence-electron chi connectivity index (χ1n) is 8.53. The van der Waals surface area contributed by atoms with Crippen LogP contribution < -0.4 is 49.6 Å². The molecule has 0 N–H and O–H groups in total. The second-order valence-corrected chi connectivity index (χ2v) is 5.55. The van der Waals surface area contributed by atoms with Gasteiger partial charge in [0, 0.05) is 13.2 Å². The van der Waals surface area contributed by atoms with Crippen LogP contribution in [0, 0.1) is 6.92 Å². The number of aryl methyl sites for hydroxylation is 1. The van der Waals surface area contributed by atoms with Crippen molar-refractivity contribution in [3.63, 3.8) is 0 Å². The summed E-state index contributed by atoms with van der Waals surface area (Å²) in [5, 5.41) is 0. The van der Waals surface area contributed by atoms with Gasteiger partial charge < -0.3 is 54.4 Å². The Balaban J connectivity index is -0.000000113. The number of nitrogens with zero attached hydrogens (tertiary/aromatic N) is 2. The fourth-order valence-corrected chi connectivity index (χ4v) is 2.13. The maximum absolute atomic E-state index is 10.1. The van der Waals surface area contributed by atoms with Crippen molar-refractivity contribution in [2.45, 2.75) is 25.8 Å². The van der Waals surface area contributed by atoms with Gasteiger partial charge in [0.15, 0.2) is 0 Å². The Bertz CT molecular complexity index is 703. The molecule has 5 nitrogen and oxygen atoms in total. The van der Waals surface area contributed by atoms with Gasteiger partial charge in [-0.3, -0.25) is 0 Å². The molecule has 0 aliphatic carbocycles. The van der Waals surface area contributed by atoms with E-state index in [4.69, 9.17) is 4.74 Å². The average Bonchev–Trinajstić information content (AvgIpc) is 3.27. The minimum atomic E-state index is -0.435. The van der Waals surface area contributed by atoms with Gasteiger partial charge >= 0.3 is 21.7 Å². The number of benzene rings is 2. The van der Waals surface area contributed by atoms with Crippen LogP contribution in [0.3, 0.4) is 0 Å². The molecule has 0 radical (unpaired) electrons. The van der Waals surface area contributed by atoms with E-state index in [0.717, 1.165) is 18.8 Å². The van der Waals surface area contributed by atoms with Gasteiger partial charge in [0.1, 0.15) is 6.04 Å². The molecule has 1 atom stereocenters. The number of hydrogen-bond acceptors (Lipinski definition) is 5. The van der Waals surface area contributed by atoms with Crippen molar-refractivity contribution in [2.24, 2.45) is 9.98 Å². The molecule has 0 bridgehead atoms. The molecule has 3 rings (SSSR count). The molecule has 1 unspecified atom stereocenters. The Morgan fingerprint density at radius 3 is 1.65 bits per heavy atom. The maximum atomic E-state index is 10.1. The summed E-state index contributed by atoms with van der Waals surface area (Å²) in [6.07, 6.45) is 5.43. The summed E-state index contributed by atoms with van der Waals surface area (Å²) in [7, 11) is 0. The first kappa shape index (κ1) is 40.4. The first-order valence-corrected chi connectivity index (χ1v) is 8.53. The molecule has 10 heteroatoms. The Morgan fingerprint density at radius 2 is 1.32 bits per heavy atom. The van der Waals surface area contributed by atoms with E-state index in [9.17, 15) is 9.59 Å². The molecule has 1 aliphatic rings. The molecule has 1 fully saturated rings. The van der Waals surface area contributed by atoms with Crippen LogP contribution in [0.4, 0.5) is 0 Å². The third kappa shape index (κ3) is 22.0. The predicted molar refractivity (Wildman–Crippen MR) is 102 cm³/mol. The second kappa shape index (κ2) is 29.0. The van der Waals surface area contributed by atoms with Gasteiger partial charge in [-0.15, -0.1) is 0 Å². The van der Waals surface area contributed by atoms with E-state index < -0.39 is 6.04 Å². The van der Waals surface area contributed by atoms with Crippen LogP contribution >= 0.6 is 0 Å². The Labute approximate surface area is 224 Å². The fraction of sp³-hybridized carbons (Fsp3) is 0.333. The normalized spacial score (nSPS) is 10.7. The van der Waals surface area contributed by atoms with Gasteiger partial charge in [-0.25, -0.2) is 14.6 Å². The number of isocyanates is 2. The number of ether oxygens (including phenoxy) is 1. The van der Waals surface area contributed by atoms with Gasteiger partial charge in [0.2, 0.25) is 12.2 Å². The van der Waals surface area contributed by atoms with Crippen LogP contribution in [0.25, 0.3) is 0 Å². The quantitative estimate of drug-likeness (QED) is 0.219. The van der Waals surface area contributed by atoms with Crippen LogP contribution in [0.2, 0.25) is 0 Å². The summed E-state index contributed by atoms with van der Waals surface area (Å²) < 4.78 is 4.94. The summed E-state index contributed by atoms with van der Waals surface area (Å²) in [4.78, 5) is 27.0. The molecule has 168 valence electrons. The molecule has 0 amide bonds. The summed E-state index contributed by atoms with van der Waals surface area (Å²) in [5.74, 6) is 0. The molecule has 2 aromatic carbocycles. The third-order valence-electron chi connectivity index (χ3n) is 3.49. The minimum Gasteiger partial charge on any atom is -1.00 e. The molecule has 1 aliphatic heterocycles. The number of rotatable bonds is 4. The predicted octanol–water partition coefficient (Wildman–Crippen LogP) is -7.80. The van der Waals surface area contributed by atoms with Crippen molar-refractivity contribution < 1.29 is 85.7 Å². The van der Waals surface area contributed by atoms with E-state index in [1.54, 1.807) is 0 Å².